The first-order valence-electron chi connectivity index (χ1n) is 44.2. The lowest BCUT2D eigenvalue weighted by Crippen LogP contribution is -2.64. The summed E-state index contributed by atoms with van der Waals surface area (Å²) in [7, 11) is 3.38. The highest BCUT2D eigenvalue weighted by Gasteiger charge is 2.48. The first-order chi connectivity index (χ1) is 65.0. The third-order valence-corrected chi connectivity index (χ3v) is 24.6. The summed E-state index contributed by atoms with van der Waals surface area (Å²) in [5, 5.41) is 65.2. The molecular weight excluding hydrogens is 1820 g/mol. The number of nitrogens with one attached hydrogen (secondary N) is 10. The van der Waals surface area contributed by atoms with Crippen molar-refractivity contribution >= 4 is 129 Å². The average molecular weight is 1930 g/mol. The second-order valence-electron chi connectivity index (χ2n) is 34.0. The number of halogens is 4. The Kier molecular flexibility index (Phi) is 38.8. The molecule has 0 saturated carbocycles. The highest BCUT2D eigenvalue weighted by atomic mass is 32.2. The van der Waals surface area contributed by atoms with Gasteiger partial charge in [0.25, 0.3) is 0 Å². The van der Waals surface area contributed by atoms with Crippen molar-refractivity contribution in [2.24, 2.45) is 17.4 Å². The van der Waals surface area contributed by atoms with Gasteiger partial charge in [-0.3, -0.25) is 86.3 Å². The quantitative estimate of drug-likeness (QED) is 0.0249. The number of aliphatic hydroxyl groups is 1. The first-order valence-corrected chi connectivity index (χ1v) is 45.4. The van der Waals surface area contributed by atoms with E-state index in [4.69, 9.17) is 16.2 Å². The number of rotatable bonds is 25. The van der Waals surface area contributed by atoms with E-state index in [0.717, 1.165) is 57.8 Å². The minimum atomic E-state index is -2.10. The number of aromatic hydroxyl groups is 1. The number of carboxylic acid groups (broad SMARTS) is 2. The van der Waals surface area contributed by atoms with Gasteiger partial charge in [-0.1, -0.05) is 106 Å². The molecule has 1 aromatic heterocycles. The fourth-order valence-corrected chi connectivity index (χ4v) is 17.0. The van der Waals surface area contributed by atoms with Crippen molar-refractivity contribution < 1.29 is 129 Å². The van der Waals surface area contributed by atoms with Crippen molar-refractivity contribution in [1.82, 2.24) is 77.3 Å². The van der Waals surface area contributed by atoms with Crippen LogP contribution in [0.1, 0.15) is 106 Å². The number of carbonyl (C=O) groups is 18. The van der Waals surface area contributed by atoms with Crippen LogP contribution in [0.3, 0.4) is 0 Å². The molecule has 3 fully saturated rings. The van der Waals surface area contributed by atoms with Crippen molar-refractivity contribution in [3.8, 4) is 5.75 Å². The molecule has 3 aliphatic heterocycles. The van der Waals surface area contributed by atoms with E-state index in [1.165, 1.54) is 56.4 Å². The lowest BCUT2D eigenvalue weighted by Gasteiger charge is -2.38. The number of carboxylic acids is 2. The zero-order chi connectivity index (χ0) is 100. The Hall–Kier alpha value is -14.1. The molecule has 0 bridgehead atoms. The summed E-state index contributed by atoms with van der Waals surface area (Å²) >= 11 is 0.547. The molecule has 45 heteroatoms. The number of H-pyrrole nitrogens is 1. The van der Waals surface area contributed by atoms with Gasteiger partial charge in [0.05, 0.1) is 38.0 Å². The van der Waals surface area contributed by atoms with Crippen LogP contribution in [0.15, 0.2) is 121 Å². The Morgan fingerprint density at radius 1 is 0.533 bits per heavy atom. The molecule has 9 rings (SSSR count). The topological polar surface area (TPSA) is 590 Å². The maximum atomic E-state index is 15.7. The number of unbranched alkanes of at least 4 members (excludes halogenated alkanes) is 1. The maximum absolute atomic E-state index is 15.7. The number of hydrogen-bond donors (Lipinski definition) is 16. The summed E-state index contributed by atoms with van der Waals surface area (Å²) in [4.78, 5) is 270. The van der Waals surface area contributed by atoms with Crippen LogP contribution in [-0.4, -0.2) is 307 Å². The van der Waals surface area contributed by atoms with Crippen molar-refractivity contribution in [2.45, 2.75) is 195 Å². The number of aliphatic hydroxyl groups excluding tert-OH is 1. The molecule has 3 saturated heterocycles. The van der Waals surface area contributed by atoms with Crippen LogP contribution < -0.4 is 59.3 Å². The van der Waals surface area contributed by atoms with E-state index in [2.05, 4.69) is 52.8 Å². The standard InChI is InChI=1S/C92H113F4N17O23S/c1-7-8-18-68-91(134)113-44-56(115)40-70(113)86(129)106-65(41-77(121)122)84(127)108-79(48(2)3)92(135)110(5)69(37-49-14-10-9-11-15-49)85(128)103-62(28-30-76(119)120)89(132)112-31-32-136-45-72(112)87(130)105-64(39-53-42-99-60-17-13-12-16-57(53)60)83(126)104-63(35-50-21-25-55(114)26-22-50)82(125)102-61(27-29-73(97)116)81(124)107-67(80(123)100-43-74(98)117)46-137-47-75(118)101-66(36-52-33-58(94)78(96)59(95)34-52)88(131)111(6)71(90(133)109(68)4)38-51-19-23-54(93)24-20-51/h9-17,19-26,33-34,42,48,56,61-72,79,99,114-115H,7-8,18,27-32,35-41,43-47H2,1-6H3,(H2,97,116)(H2,98,117)(H,100,123)(H,101,118)(H,102,125)(H,103,128)(H,104,126)(H,105,130)(H,106,129)(H,107,124)(H,108,127)(H,119,120)(H,121,122)/t56-,61+,62+,63+,64+,65+,66+,67+,68+,69+,70-,71+,72-,79+/m1/s1. The first kappa shape index (κ1) is 107. The second kappa shape index (κ2) is 49.9. The highest BCUT2D eigenvalue weighted by molar-refractivity contribution is 8.00. The number of nitrogens with zero attached hydrogens (tertiary/aromatic N) is 5. The molecule has 3 aliphatic rings. The van der Waals surface area contributed by atoms with Crippen LogP contribution in [0, 0.1) is 29.2 Å². The van der Waals surface area contributed by atoms with Crippen LogP contribution in [-0.2, 0) is 123 Å². The number of phenolic OH excluding ortho intramolecular Hbond substituents is 1. The van der Waals surface area contributed by atoms with Gasteiger partial charge < -0.3 is 114 Å². The zero-order valence-corrected chi connectivity index (χ0v) is 76.7. The zero-order valence-electron chi connectivity index (χ0n) is 75.9. The molecule has 0 radical (unpaired) electrons. The van der Waals surface area contributed by atoms with E-state index >= 15 is 51.9 Å². The highest BCUT2D eigenvalue weighted by Crippen LogP contribution is 2.28. The molecule has 0 unspecified atom stereocenters. The summed E-state index contributed by atoms with van der Waals surface area (Å²) in [6, 6.07) is 1.85. The predicted octanol–water partition coefficient (Wildman–Crippen LogP) is -0.709. The number of ether oxygens (including phenoxy) is 1. The number of fused-ring (bicyclic) bond motifs is 3. The number of aliphatic carboxylic acids is 2. The van der Waals surface area contributed by atoms with E-state index in [1.54, 1.807) is 61.5 Å². The van der Waals surface area contributed by atoms with Crippen molar-refractivity contribution in [2.75, 3.05) is 65.5 Å². The molecule has 16 amide bonds. The van der Waals surface area contributed by atoms with Crippen molar-refractivity contribution in [3.05, 3.63) is 173 Å². The van der Waals surface area contributed by atoms with Gasteiger partial charge in [-0.2, -0.15) is 0 Å². The Labute approximate surface area is 788 Å². The number of thioether (sulfide) groups is 1. The molecule has 137 heavy (non-hydrogen) atoms. The molecule has 0 aliphatic carbocycles. The smallest absolute Gasteiger partial charge is 0.305 e. The molecule has 0 spiro atoms. The maximum Gasteiger partial charge on any atom is 0.305 e. The van der Waals surface area contributed by atoms with Crippen molar-refractivity contribution in [3.63, 3.8) is 0 Å². The third-order valence-electron chi connectivity index (χ3n) is 23.6. The third kappa shape index (κ3) is 29.9. The van der Waals surface area contributed by atoms with E-state index in [0.29, 0.717) is 52.3 Å². The van der Waals surface area contributed by atoms with Gasteiger partial charge in [-0.15, -0.1) is 11.8 Å². The number of primary amides is 2. The SMILES string of the molecule is CCCC[C@H]1C(=O)N2C[C@H](O)C[C@@H]2C(=O)N[C@@H](CC(=O)O)C(=O)N[C@@H](C(C)C)C(=O)N(C)[C@@H](Cc2ccccc2)C(=O)N[C@@H](CCC(=O)O)C(=O)N2CCOC[C@@H]2C(=O)N[C@@H](Cc2c[nH]c3ccccc23)C(=O)N[C@@H](Cc2ccc(O)cc2)C(=O)N[C@@H](CCC(N)=O)C(=O)N[C@H](C(=O)NCC(N)=O)CSCC(=O)N[C@@H](Cc2cc(F)c(F)c(F)c2)C(=O)N(C)[C@@H](Cc2ccc(F)cc2)C(=O)N1C. The van der Waals surface area contributed by atoms with Gasteiger partial charge in [0, 0.05) is 108 Å². The van der Waals surface area contributed by atoms with Gasteiger partial charge >= 0.3 is 11.9 Å². The van der Waals surface area contributed by atoms with Crippen LogP contribution in [0.25, 0.3) is 10.9 Å². The van der Waals surface area contributed by atoms with E-state index in [1.807, 2.05) is 0 Å². The van der Waals surface area contributed by atoms with Gasteiger partial charge in [-0.25, -0.2) is 17.6 Å². The summed E-state index contributed by atoms with van der Waals surface area (Å²) in [6.45, 7) is 1.88. The van der Waals surface area contributed by atoms with Gasteiger partial charge in [0.1, 0.15) is 90.1 Å². The molecular formula is C92H113F4N17O23S. The van der Waals surface area contributed by atoms with E-state index in [-0.39, 0.29) is 42.7 Å². The summed E-state index contributed by atoms with van der Waals surface area (Å²) in [5.41, 5.74) is 12.3. The second-order valence-corrected chi connectivity index (χ2v) is 35.1. The Balaban J connectivity index is 1.15. The molecule has 4 heterocycles. The van der Waals surface area contributed by atoms with Crippen LogP contribution >= 0.6 is 11.8 Å². The number of amides is 16. The minimum Gasteiger partial charge on any atom is -0.508 e. The fourth-order valence-electron chi connectivity index (χ4n) is 16.1. The average Bonchev–Trinajstić information content (AvgIpc) is 1.73. The molecule has 6 aromatic rings. The number of nitrogens with two attached hydrogens (primary N) is 2. The number of carbonyl (C=O) groups excluding carboxylic acids is 16. The Morgan fingerprint density at radius 3 is 1.73 bits per heavy atom. The number of aromatic nitrogens is 1. The normalized spacial score (nSPS) is 23.8. The number of aromatic amines is 1. The summed E-state index contributed by atoms with van der Waals surface area (Å²) < 4.78 is 65.6. The molecule has 18 N–H and O–H groups in total. The number of benzene rings is 5. The monoisotopic (exact) mass is 1930 g/mol. The Morgan fingerprint density at radius 2 is 1.09 bits per heavy atom. The number of morpholine rings is 1. The largest absolute Gasteiger partial charge is 0.508 e. The number of hydrogen-bond acceptors (Lipinski definition) is 22. The van der Waals surface area contributed by atoms with Crippen molar-refractivity contribution in [1.29, 1.82) is 0 Å². The van der Waals surface area contributed by atoms with Gasteiger partial charge in [-0.05, 0) is 95.5 Å². The lowest BCUT2D eigenvalue weighted by atomic mass is 9.98. The molecule has 14 atom stereocenters. The molecule has 5 aromatic carbocycles. The fraction of sp³-hybridized carbons (Fsp3) is 0.457. The van der Waals surface area contributed by atoms with Gasteiger partial charge in [0.2, 0.25) is 94.5 Å². The van der Waals surface area contributed by atoms with Crippen LogP contribution in [0.5, 0.6) is 5.75 Å². The summed E-state index contributed by atoms with van der Waals surface area (Å²) in [5.74, 6) is -30.2. The molecule has 40 nitrogen and oxygen atoms in total. The van der Waals surface area contributed by atoms with E-state index < -0.39 is 328 Å². The minimum absolute atomic E-state index is 0.158. The van der Waals surface area contributed by atoms with Crippen LogP contribution in [0.4, 0.5) is 17.6 Å². The number of para-hydroxylation sites is 1. The van der Waals surface area contributed by atoms with Gasteiger partial charge in [0.15, 0.2) is 17.5 Å². The number of phenols is 1. The summed E-state index contributed by atoms with van der Waals surface area (Å²) in [6.07, 6.45) is -6.91. The number of likely N-dealkylation sites (N-methyl/N-ethyl adjacent to an activating group) is 3. The molecule has 738 valence electrons. The van der Waals surface area contributed by atoms with E-state index in [9.17, 15) is 72.4 Å². The lowest BCUT2D eigenvalue weighted by molar-refractivity contribution is -0.152. The Bertz CT molecular complexity index is 5390. The predicted molar refractivity (Wildman–Crippen MR) is 483 cm³/mol. The van der Waals surface area contributed by atoms with Crippen LogP contribution in [0.2, 0.25) is 0 Å².